The lowest BCUT2D eigenvalue weighted by Gasteiger charge is -2.21. The Morgan fingerprint density at radius 2 is 1.67 bits per heavy atom. The summed E-state index contributed by atoms with van der Waals surface area (Å²) in [5.41, 5.74) is 2.40. The Morgan fingerprint density at radius 3 is 2.06 bits per heavy atom. The van der Waals surface area contributed by atoms with Crippen LogP contribution in [-0.2, 0) is 4.79 Å². The summed E-state index contributed by atoms with van der Waals surface area (Å²) in [5.74, 6) is -0.497. The van der Waals surface area contributed by atoms with Gasteiger partial charge < -0.3 is 14.6 Å². The zero-order chi connectivity index (χ0) is 14.0. The molecule has 0 saturated heterocycles. The van der Waals surface area contributed by atoms with Crippen molar-refractivity contribution in [1.29, 1.82) is 0 Å². The van der Waals surface area contributed by atoms with Gasteiger partial charge in [0, 0.05) is 15.6 Å². The topological polar surface area (TPSA) is 55.8 Å². The SMILES string of the molecule is COc1c(C)c(Br)c(C)c(C(C)C(=O)O)c1OC. The Kier molecular flexibility index (Phi) is 4.62. The van der Waals surface area contributed by atoms with Crippen LogP contribution in [0.2, 0.25) is 0 Å². The first-order chi connectivity index (χ1) is 8.36. The molecule has 0 saturated carbocycles. The Labute approximate surface area is 115 Å². The monoisotopic (exact) mass is 316 g/mol. The zero-order valence-corrected chi connectivity index (χ0v) is 12.7. The normalized spacial score (nSPS) is 12.1. The van der Waals surface area contributed by atoms with E-state index in [0.717, 1.165) is 15.6 Å². The van der Waals surface area contributed by atoms with Gasteiger partial charge in [-0.25, -0.2) is 0 Å². The molecule has 0 aromatic heterocycles. The molecule has 100 valence electrons. The first-order valence-corrected chi connectivity index (χ1v) is 6.29. The molecule has 1 atom stereocenters. The number of carboxylic acid groups (broad SMARTS) is 1. The highest BCUT2D eigenvalue weighted by Gasteiger charge is 2.27. The number of carbonyl (C=O) groups is 1. The largest absolute Gasteiger partial charge is 0.493 e. The lowest BCUT2D eigenvalue weighted by Crippen LogP contribution is -2.12. The van der Waals surface area contributed by atoms with Gasteiger partial charge in [-0.2, -0.15) is 0 Å². The Balaban J connectivity index is 3.68. The van der Waals surface area contributed by atoms with Crippen LogP contribution >= 0.6 is 15.9 Å². The zero-order valence-electron chi connectivity index (χ0n) is 11.1. The first-order valence-electron chi connectivity index (χ1n) is 5.50. The minimum Gasteiger partial charge on any atom is -0.493 e. The molecule has 1 unspecified atom stereocenters. The standard InChI is InChI=1S/C13H17BrO4/c1-6-9(7(2)13(15)16)12(18-5)11(17-4)8(3)10(6)14/h7H,1-5H3,(H,15,16). The molecule has 0 aliphatic heterocycles. The molecule has 1 N–H and O–H groups in total. The number of rotatable bonds is 4. The lowest BCUT2D eigenvalue weighted by molar-refractivity contribution is -0.138. The Morgan fingerprint density at radius 1 is 1.17 bits per heavy atom. The van der Waals surface area contributed by atoms with Crippen LogP contribution in [0.4, 0.5) is 0 Å². The molecule has 0 aliphatic carbocycles. The average Bonchev–Trinajstić information content (AvgIpc) is 2.34. The molecule has 0 bridgehead atoms. The minimum absolute atomic E-state index is 0.491. The van der Waals surface area contributed by atoms with Crippen LogP contribution in [0.25, 0.3) is 0 Å². The molecule has 0 radical (unpaired) electrons. The van der Waals surface area contributed by atoms with E-state index >= 15 is 0 Å². The third-order valence-corrected chi connectivity index (χ3v) is 4.26. The van der Waals surface area contributed by atoms with E-state index < -0.39 is 11.9 Å². The molecular formula is C13H17BrO4. The van der Waals surface area contributed by atoms with E-state index in [0.29, 0.717) is 17.1 Å². The first kappa shape index (κ1) is 14.8. The van der Waals surface area contributed by atoms with Crippen molar-refractivity contribution in [2.45, 2.75) is 26.7 Å². The van der Waals surface area contributed by atoms with E-state index in [-0.39, 0.29) is 0 Å². The van der Waals surface area contributed by atoms with Crippen molar-refractivity contribution >= 4 is 21.9 Å². The Bertz CT molecular complexity index is 483. The van der Waals surface area contributed by atoms with Gasteiger partial charge in [-0.05, 0) is 26.3 Å². The van der Waals surface area contributed by atoms with Crippen molar-refractivity contribution in [3.63, 3.8) is 0 Å². The highest BCUT2D eigenvalue weighted by atomic mass is 79.9. The highest BCUT2D eigenvalue weighted by Crippen LogP contribution is 2.44. The summed E-state index contributed by atoms with van der Waals surface area (Å²) in [7, 11) is 3.06. The van der Waals surface area contributed by atoms with Gasteiger partial charge in [-0.1, -0.05) is 15.9 Å². The number of hydrogen-bond donors (Lipinski definition) is 1. The van der Waals surface area contributed by atoms with Crippen molar-refractivity contribution in [1.82, 2.24) is 0 Å². The molecule has 18 heavy (non-hydrogen) atoms. The van der Waals surface area contributed by atoms with Gasteiger partial charge in [0.25, 0.3) is 0 Å². The molecule has 1 aromatic carbocycles. The van der Waals surface area contributed by atoms with E-state index in [1.165, 1.54) is 7.11 Å². The molecule has 1 aromatic rings. The average molecular weight is 317 g/mol. The fourth-order valence-corrected chi connectivity index (χ4v) is 2.45. The molecule has 0 aliphatic rings. The van der Waals surface area contributed by atoms with E-state index in [2.05, 4.69) is 15.9 Å². The third-order valence-electron chi connectivity index (χ3n) is 3.07. The summed E-state index contributed by atoms with van der Waals surface area (Å²) in [4.78, 5) is 11.2. The van der Waals surface area contributed by atoms with E-state index in [1.54, 1.807) is 14.0 Å². The minimum atomic E-state index is -0.894. The summed E-state index contributed by atoms with van der Waals surface area (Å²) in [6.45, 7) is 5.40. The van der Waals surface area contributed by atoms with Crippen LogP contribution in [0, 0.1) is 13.8 Å². The number of hydrogen-bond acceptors (Lipinski definition) is 3. The van der Waals surface area contributed by atoms with Crippen molar-refractivity contribution in [2.24, 2.45) is 0 Å². The fourth-order valence-electron chi connectivity index (χ4n) is 2.06. The van der Waals surface area contributed by atoms with Crippen LogP contribution in [0.3, 0.4) is 0 Å². The smallest absolute Gasteiger partial charge is 0.310 e. The Hall–Kier alpha value is -1.23. The maximum atomic E-state index is 11.2. The van der Waals surface area contributed by atoms with Crippen LogP contribution in [0.15, 0.2) is 4.47 Å². The second-order valence-corrected chi connectivity index (χ2v) is 4.90. The quantitative estimate of drug-likeness (QED) is 0.926. The summed E-state index contributed by atoms with van der Waals surface area (Å²) in [6, 6.07) is 0. The summed E-state index contributed by atoms with van der Waals surface area (Å²) in [5, 5.41) is 9.19. The molecule has 5 heteroatoms. The molecule has 0 amide bonds. The van der Waals surface area contributed by atoms with Crippen LogP contribution in [0.1, 0.15) is 29.5 Å². The van der Waals surface area contributed by atoms with E-state index in [4.69, 9.17) is 9.47 Å². The van der Waals surface area contributed by atoms with Gasteiger partial charge in [0.2, 0.25) is 0 Å². The molecule has 0 heterocycles. The van der Waals surface area contributed by atoms with Gasteiger partial charge >= 0.3 is 5.97 Å². The fraction of sp³-hybridized carbons (Fsp3) is 0.462. The van der Waals surface area contributed by atoms with Gasteiger partial charge in [0.05, 0.1) is 20.1 Å². The van der Waals surface area contributed by atoms with Gasteiger partial charge in [0.1, 0.15) is 0 Å². The molecular weight excluding hydrogens is 300 g/mol. The number of methoxy groups -OCH3 is 2. The van der Waals surface area contributed by atoms with E-state index in [1.807, 2.05) is 13.8 Å². The predicted octanol–water partition coefficient (Wildman–Crippen LogP) is 3.27. The summed E-state index contributed by atoms with van der Waals surface area (Å²) < 4.78 is 11.5. The van der Waals surface area contributed by atoms with Crippen molar-refractivity contribution in [3.8, 4) is 11.5 Å². The van der Waals surface area contributed by atoms with Crippen LogP contribution < -0.4 is 9.47 Å². The predicted molar refractivity (Wildman–Crippen MR) is 72.8 cm³/mol. The van der Waals surface area contributed by atoms with Gasteiger partial charge in [-0.15, -0.1) is 0 Å². The second kappa shape index (κ2) is 5.61. The number of benzene rings is 1. The number of carboxylic acids is 1. The molecule has 1 rings (SSSR count). The van der Waals surface area contributed by atoms with Crippen molar-refractivity contribution in [3.05, 3.63) is 21.2 Å². The molecule has 0 spiro atoms. The van der Waals surface area contributed by atoms with Crippen molar-refractivity contribution < 1.29 is 19.4 Å². The molecule has 4 nitrogen and oxygen atoms in total. The van der Waals surface area contributed by atoms with Crippen LogP contribution in [-0.4, -0.2) is 25.3 Å². The number of ether oxygens (including phenoxy) is 2. The maximum Gasteiger partial charge on any atom is 0.310 e. The lowest BCUT2D eigenvalue weighted by atomic mass is 9.93. The summed E-state index contributed by atoms with van der Waals surface area (Å²) >= 11 is 3.47. The maximum absolute atomic E-state index is 11.2. The van der Waals surface area contributed by atoms with Crippen LogP contribution in [0.5, 0.6) is 11.5 Å². The number of halogens is 1. The van der Waals surface area contributed by atoms with Gasteiger partial charge in [0.15, 0.2) is 11.5 Å². The van der Waals surface area contributed by atoms with Gasteiger partial charge in [-0.3, -0.25) is 4.79 Å². The summed E-state index contributed by atoms with van der Waals surface area (Å²) in [6.07, 6.45) is 0. The van der Waals surface area contributed by atoms with E-state index in [9.17, 15) is 9.90 Å². The third kappa shape index (κ3) is 2.32. The number of aliphatic carboxylic acids is 1. The van der Waals surface area contributed by atoms with Crippen molar-refractivity contribution in [2.75, 3.05) is 14.2 Å². The highest BCUT2D eigenvalue weighted by molar-refractivity contribution is 9.10. The molecule has 0 fully saturated rings. The second-order valence-electron chi connectivity index (χ2n) is 4.10.